The van der Waals surface area contributed by atoms with Gasteiger partial charge in [0.25, 0.3) is 0 Å². The maximum Gasteiger partial charge on any atom is 0.157 e. The first-order valence-corrected chi connectivity index (χ1v) is 16.6. The fraction of sp³-hybridized carbons (Fsp3) is 0.140. The van der Waals surface area contributed by atoms with Gasteiger partial charge in [0.2, 0.25) is 0 Å². The molecule has 0 aliphatic carbocycles. The minimum absolute atomic E-state index is 0.678. The van der Waals surface area contributed by atoms with Crippen molar-refractivity contribution in [3.8, 4) is 45.5 Å². The summed E-state index contributed by atoms with van der Waals surface area (Å²) in [7, 11) is 0. The maximum atomic E-state index is 6.72. The molecule has 49 heavy (non-hydrogen) atoms. The summed E-state index contributed by atoms with van der Waals surface area (Å²) in [6, 6.07) is 33.3. The molecular formula is C43H37N5O. The van der Waals surface area contributed by atoms with Crippen LogP contribution in [0.15, 0.2) is 116 Å². The standard InChI is InChI=1S/C43H37N5O/c1-26-14-17-35(30(5)28(26)3)32-24-45-47(25-32)43-23-34(21-39(46-43)36-18-15-27(2)29(4)31(36)6)49-33-16-19-38-37-11-7-8-12-40(37)48(41(38)22-33)42-13-9-10-20-44-42/h7-25H,1-6H3. The topological polar surface area (TPSA) is 57.8 Å². The highest BCUT2D eigenvalue weighted by Gasteiger charge is 2.17. The van der Waals surface area contributed by atoms with E-state index < -0.39 is 0 Å². The predicted octanol–water partition coefficient (Wildman–Crippen LogP) is 10.7. The second kappa shape index (κ2) is 11.9. The fourth-order valence-corrected chi connectivity index (χ4v) is 6.78. The lowest BCUT2D eigenvalue weighted by atomic mass is 9.96. The smallest absolute Gasteiger partial charge is 0.157 e. The first kappa shape index (κ1) is 30.3. The minimum atomic E-state index is 0.678. The van der Waals surface area contributed by atoms with Crippen LogP contribution in [0.3, 0.4) is 0 Å². The second-order valence-electron chi connectivity index (χ2n) is 12.9. The summed E-state index contributed by atoms with van der Waals surface area (Å²) >= 11 is 0. The molecule has 6 nitrogen and oxygen atoms in total. The van der Waals surface area contributed by atoms with Gasteiger partial charge in [0.15, 0.2) is 5.82 Å². The Bertz CT molecular complexity index is 2540. The number of aryl methyl sites for hydroxylation is 2. The van der Waals surface area contributed by atoms with Crippen molar-refractivity contribution in [3.05, 3.63) is 149 Å². The molecule has 4 heterocycles. The summed E-state index contributed by atoms with van der Waals surface area (Å²) in [4.78, 5) is 9.84. The molecular weight excluding hydrogens is 603 g/mol. The Hall–Kier alpha value is -6.01. The van der Waals surface area contributed by atoms with Gasteiger partial charge in [0.1, 0.15) is 17.3 Å². The fourth-order valence-electron chi connectivity index (χ4n) is 6.78. The summed E-state index contributed by atoms with van der Waals surface area (Å²) in [5, 5.41) is 7.10. The average Bonchev–Trinajstić information content (AvgIpc) is 3.73. The molecule has 240 valence electrons. The van der Waals surface area contributed by atoms with E-state index in [-0.39, 0.29) is 0 Å². The number of nitrogens with zero attached hydrogens (tertiary/aromatic N) is 5. The molecule has 0 saturated heterocycles. The van der Waals surface area contributed by atoms with Gasteiger partial charge in [-0.05, 0) is 111 Å². The number of hydrogen-bond donors (Lipinski definition) is 0. The SMILES string of the molecule is Cc1ccc(-c2cnn(-c3cc(Oc4ccc5c6ccccc6n(-c6ccccn6)c5c4)cc(-c4ccc(C)c(C)c4C)n3)c2)c(C)c1C. The van der Waals surface area contributed by atoms with Crippen molar-refractivity contribution in [3.63, 3.8) is 0 Å². The van der Waals surface area contributed by atoms with Crippen LogP contribution >= 0.6 is 0 Å². The van der Waals surface area contributed by atoms with Crippen molar-refractivity contribution in [2.75, 3.05) is 0 Å². The van der Waals surface area contributed by atoms with Crippen LogP contribution in [0.25, 0.3) is 55.8 Å². The van der Waals surface area contributed by atoms with E-state index in [9.17, 15) is 0 Å². The Morgan fingerprint density at radius 1 is 0.571 bits per heavy atom. The number of hydrogen-bond acceptors (Lipinski definition) is 4. The zero-order valence-corrected chi connectivity index (χ0v) is 28.6. The lowest BCUT2D eigenvalue weighted by molar-refractivity contribution is 0.482. The zero-order valence-electron chi connectivity index (χ0n) is 28.6. The van der Waals surface area contributed by atoms with Gasteiger partial charge in [0, 0.05) is 52.5 Å². The summed E-state index contributed by atoms with van der Waals surface area (Å²) in [5.74, 6) is 2.94. The van der Waals surface area contributed by atoms with Crippen molar-refractivity contribution < 1.29 is 4.74 Å². The third-order valence-corrected chi connectivity index (χ3v) is 10.1. The predicted molar refractivity (Wildman–Crippen MR) is 199 cm³/mol. The highest BCUT2D eigenvalue weighted by Crippen LogP contribution is 2.37. The maximum absolute atomic E-state index is 6.72. The number of fused-ring (bicyclic) bond motifs is 3. The largest absolute Gasteiger partial charge is 0.457 e. The van der Waals surface area contributed by atoms with Gasteiger partial charge in [-0.15, -0.1) is 0 Å². The summed E-state index contributed by atoms with van der Waals surface area (Å²) in [6.07, 6.45) is 5.79. The van der Waals surface area contributed by atoms with Crippen molar-refractivity contribution >= 4 is 21.8 Å². The molecule has 4 aromatic heterocycles. The molecule has 8 aromatic rings. The third-order valence-electron chi connectivity index (χ3n) is 10.1. The Balaban J connectivity index is 1.26. The summed E-state index contributed by atoms with van der Waals surface area (Å²) < 4.78 is 10.8. The number of benzene rings is 4. The molecule has 0 spiro atoms. The molecule has 8 rings (SSSR count). The van der Waals surface area contributed by atoms with Crippen molar-refractivity contribution in [1.82, 2.24) is 24.3 Å². The van der Waals surface area contributed by atoms with Crippen molar-refractivity contribution in [2.45, 2.75) is 41.5 Å². The molecule has 0 aliphatic heterocycles. The van der Waals surface area contributed by atoms with E-state index >= 15 is 0 Å². The normalized spacial score (nSPS) is 11.5. The van der Waals surface area contributed by atoms with Crippen LogP contribution in [-0.4, -0.2) is 24.3 Å². The average molecular weight is 640 g/mol. The number of para-hydroxylation sites is 1. The molecule has 0 amide bonds. The van der Waals surface area contributed by atoms with E-state index in [4.69, 9.17) is 14.8 Å². The molecule has 0 saturated carbocycles. The third kappa shape index (κ3) is 5.26. The minimum Gasteiger partial charge on any atom is -0.457 e. The quantitative estimate of drug-likeness (QED) is 0.182. The Morgan fingerprint density at radius 3 is 2.06 bits per heavy atom. The van der Waals surface area contributed by atoms with Gasteiger partial charge < -0.3 is 4.74 Å². The van der Waals surface area contributed by atoms with Crippen LogP contribution in [0, 0.1) is 41.5 Å². The highest BCUT2D eigenvalue weighted by atomic mass is 16.5. The lowest BCUT2D eigenvalue weighted by Crippen LogP contribution is -2.02. The van der Waals surface area contributed by atoms with Gasteiger partial charge in [0.05, 0.1) is 22.9 Å². The van der Waals surface area contributed by atoms with E-state index in [1.807, 2.05) is 53.5 Å². The number of rotatable bonds is 6. The number of pyridine rings is 2. The lowest BCUT2D eigenvalue weighted by Gasteiger charge is -2.15. The zero-order chi connectivity index (χ0) is 33.8. The van der Waals surface area contributed by atoms with Gasteiger partial charge in [-0.3, -0.25) is 4.57 Å². The van der Waals surface area contributed by atoms with Gasteiger partial charge in [-0.25, -0.2) is 14.6 Å². The number of aromatic nitrogens is 5. The summed E-state index contributed by atoms with van der Waals surface area (Å²) in [5.41, 5.74) is 13.8. The monoisotopic (exact) mass is 639 g/mol. The van der Waals surface area contributed by atoms with E-state index in [0.717, 1.165) is 44.8 Å². The molecule has 0 bridgehead atoms. The summed E-state index contributed by atoms with van der Waals surface area (Å²) in [6.45, 7) is 13.0. The second-order valence-corrected chi connectivity index (χ2v) is 12.9. The molecule has 0 aliphatic rings. The van der Waals surface area contributed by atoms with Crippen LogP contribution in [0.2, 0.25) is 0 Å². The van der Waals surface area contributed by atoms with Crippen LogP contribution in [-0.2, 0) is 0 Å². The van der Waals surface area contributed by atoms with Crippen LogP contribution in [0.1, 0.15) is 33.4 Å². The van der Waals surface area contributed by atoms with Gasteiger partial charge in [-0.1, -0.05) is 48.5 Å². The van der Waals surface area contributed by atoms with E-state index in [1.54, 1.807) is 0 Å². The first-order chi connectivity index (χ1) is 23.8. The van der Waals surface area contributed by atoms with E-state index in [1.165, 1.54) is 44.3 Å². The van der Waals surface area contributed by atoms with Crippen molar-refractivity contribution in [2.24, 2.45) is 0 Å². The molecule has 0 N–H and O–H groups in total. The van der Waals surface area contributed by atoms with Crippen LogP contribution in [0.4, 0.5) is 0 Å². The van der Waals surface area contributed by atoms with Gasteiger partial charge >= 0.3 is 0 Å². The molecule has 0 unspecified atom stereocenters. The van der Waals surface area contributed by atoms with E-state index in [2.05, 4.69) is 118 Å². The van der Waals surface area contributed by atoms with Gasteiger partial charge in [-0.2, -0.15) is 5.10 Å². The van der Waals surface area contributed by atoms with Crippen molar-refractivity contribution in [1.29, 1.82) is 0 Å². The highest BCUT2D eigenvalue weighted by molar-refractivity contribution is 6.09. The Kier molecular flexibility index (Phi) is 7.37. The molecule has 0 fully saturated rings. The first-order valence-electron chi connectivity index (χ1n) is 16.6. The number of ether oxygens (including phenoxy) is 1. The Morgan fingerprint density at radius 2 is 1.29 bits per heavy atom. The Labute approximate surface area is 286 Å². The van der Waals surface area contributed by atoms with Crippen LogP contribution in [0.5, 0.6) is 11.5 Å². The molecule has 6 heteroatoms. The molecule has 4 aromatic carbocycles. The van der Waals surface area contributed by atoms with Crippen LogP contribution < -0.4 is 4.74 Å². The molecule has 0 radical (unpaired) electrons. The van der Waals surface area contributed by atoms with E-state index in [0.29, 0.717) is 11.6 Å². The molecule has 0 atom stereocenters.